The molecule has 4 atom stereocenters. The van der Waals surface area contributed by atoms with Crippen LogP contribution in [-0.4, -0.2) is 62.6 Å². The van der Waals surface area contributed by atoms with Gasteiger partial charge in [-0.25, -0.2) is 0 Å². The fourth-order valence-corrected chi connectivity index (χ4v) is 4.97. The normalized spacial score (nSPS) is 23.4. The molecule has 1 heterocycles. The maximum Gasteiger partial charge on any atom is 0.217 e. The van der Waals surface area contributed by atoms with Crippen LogP contribution in [0.15, 0.2) is 24.3 Å². The number of amides is 1. The van der Waals surface area contributed by atoms with Crippen molar-refractivity contribution in [3.05, 3.63) is 35.4 Å². The van der Waals surface area contributed by atoms with E-state index in [1.54, 1.807) is 21.3 Å². The lowest BCUT2D eigenvalue weighted by Crippen LogP contribution is -2.40. The summed E-state index contributed by atoms with van der Waals surface area (Å²) in [6.07, 6.45) is 0.228. The first-order valence-corrected chi connectivity index (χ1v) is 11.7. The molecule has 4 rings (SSSR count). The van der Waals surface area contributed by atoms with Crippen molar-refractivity contribution in [1.29, 1.82) is 0 Å². The number of aliphatic hydroxyl groups excluding tert-OH is 2. The topological polar surface area (TPSA) is 116 Å². The van der Waals surface area contributed by atoms with E-state index in [2.05, 4.69) is 5.32 Å². The van der Waals surface area contributed by atoms with E-state index in [0.717, 1.165) is 22.3 Å². The van der Waals surface area contributed by atoms with Crippen LogP contribution >= 0.6 is 0 Å². The van der Waals surface area contributed by atoms with Gasteiger partial charge < -0.3 is 39.2 Å². The Labute approximate surface area is 204 Å². The molecule has 2 aromatic rings. The van der Waals surface area contributed by atoms with Gasteiger partial charge in [0.2, 0.25) is 17.9 Å². The molecule has 9 heteroatoms. The average Bonchev–Trinajstić information content (AvgIpc) is 2.98. The van der Waals surface area contributed by atoms with Crippen molar-refractivity contribution >= 4 is 5.91 Å². The summed E-state index contributed by atoms with van der Waals surface area (Å²) in [5, 5.41) is 22.7. The Morgan fingerprint density at radius 3 is 2.54 bits per heavy atom. The van der Waals surface area contributed by atoms with Gasteiger partial charge in [-0.05, 0) is 47.7 Å². The van der Waals surface area contributed by atoms with Gasteiger partial charge in [-0.2, -0.15) is 0 Å². The first-order valence-electron chi connectivity index (χ1n) is 11.7. The lowest BCUT2D eigenvalue weighted by molar-refractivity contribution is -0.184. The molecule has 3 N–H and O–H groups in total. The van der Waals surface area contributed by atoms with Crippen LogP contribution in [0.2, 0.25) is 0 Å². The van der Waals surface area contributed by atoms with E-state index < -0.39 is 18.5 Å². The van der Waals surface area contributed by atoms with Crippen LogP contribution in [0.25, 0.3) is 11.1 Å². The van der Waals surface area contributed by atoms with Crippen molar-refractivity contribution in [1.82, 2.24) is 5.32 Å². The molecule has 0 spiro atoms. The number of ether oxygens (including phenoxy) is 5. The lowest BCUT2D eigenvalue weighted by atomic mass is 9.93. The van der Waals surface area contributed by atoms with E-state index in [9.17, 15) is 15.0 Å². The standard InChI is InChI=1S/C26H33NO8/c1-14(29)27-21-8-5-15-9-22(31-2)25(32-3)26(33-4)24(15)19-7-6-17(12-20(19)21)34-23-11-16(30)10-18(13-28)35-23/h6-7,9,12,16,18,21,23,28,30H,5,8,10-11,13H2,1-4H3,(H,27,29)/t16?,18?,21-,23-/m0/s1. The molecule has 0 radical (unpaired) electrons. The molecule has 35 heavy (non-hydrogen) atoms. The van der Waals surface area contributed by atoms with Crippen LogP contribution in [0.3, 0.4) is 0 Å². The number of fused-ring (bicyclic) bond motifs is 3. The van der Waals surface area contributed by atoms with Crippen molar-refractivity contribution in [2.24, 2.45) is 0 Å². The Morgan fingerprint density at radius 1 is 1.11 bits per heavy atom. The number of aryl methyl sites for hydroxylation is 1. The molecule has 190 valence electrons. The first-order chi connectivity index (χ1) is 16.9. The highest BCUT2D eigenvalue weighted by Crippen LogP contribution is 2.51. The third kappa shape index (κ3) is 5.17. The maximum atomic E-state index is 12.1. The third-order valence-corrected chi connectivity index (χ3v) is 6.47. The summed E-state index contributed by atoms with van der Waals surface area (Å²) in [6.45, 7) is 1.31. The Hall–Kier alpha value is -3.01. The number of hydrogen-bond acceptors (Lipinski definition) is 8. The fraction of sp³-hybridized carbons (Fsp3) is 0.500. The van der Waals surface area contributed by atoms with Crippen LogP contribution in [0, 0.1) is 0 Å². The summed E-state index contributed by atoms with van der Waals surface area (Å²) in [6, 6.07) is 7.34. The van der Waals surface area contributed by atoms with E-state index in [4.69, 9.17) is 23.7 Å². The van der Waals surface area contributed by atoms with Crippen molar-refractivity contribution in [3.8, 4) is 34.1 Å². The van der Waals surface area contributed by atoms with Crippen LogP contribution in [0.5, 0.6) is 23.0 Å². The zero-order valence-electron chi connectivity index (χ0n) is 20.5. The summed E-state index contributed by atoms with van der Waals surface area (Å²) in [7, 11) is 4.75. The van der Waals surface area contributed by atoms with Crippen LogP contribution in [0.1, 0.15) is 43.4 Å². The molecule has 1 saturated heterocycles. The summed E-state index contributed by atoms with van der Waals surface area (Å²) >= 11 is 0. The third-order valence-electron chi connectivity index (χ3n) is 6.47. The van der Waals surface area contributed by atoms with Crippen molar-refractivity contribution < 1.29 is 38.7 Å². The van der Waals surface area contributed by atoms with Gasteiger partial charge in [-0.1, -0.05) is 6.07 Å². The van der Waals surface area contributed by atoms with Gasteiger partial charge in [-0.3, -0.25) is 4.79 Å². The summed E-state index contributed by atoms with van der Waals surface area (Å²) in [5.41, 5.74) is 3.66. The molecule has 1 fully saturated rings. The van der Waals surface area contributed by atoms with Gasteiger partial charge in [-0.15, -0.1) is 0 Å². The zero-order valence-corrected chi connectivity index (χ0v) is 20.5. The van der Waals surface area contributed by atoms with E-state index >= 15 is 0 Å². The molecule has 0 bridgehead atoms. The van der Waals surface area contributed by atoms with Crippen molar-refractivity contribution in [2.75, 3.05) is 27.9 Å². The summed E-state index contributed by atoms with van der Waals surface area (Å²) in [4.78, 5) is 12.1. The van der Waals surface area contributed by atoms with Crippen LogP contribution < -0.4 is 24.3 Å². The summed E-state index contributed by atoms with van der Waals surface area (Å²) < 4.78 is 28.8. The quantitative estimate of drug-likeness (QED) is 0.546. The van der Waals surface area contributed by atoms with Crippen LogP contribution in [0.4, 0.5) is 0 Å². The average molecular weight is 488 g/mol. The number of carbonyl (C=O) groups is 1. The largest absolute Gasteiger partial charge is 0.493 e. The molecule has 0 saturated carbocycles. The van der Waals surface area contributed by atoms with Gasteiger partial charge in [0, 0.05) is 25.3 Å². The number of carbonyl (C=O) groups excluding carboxylic acids is 1. The predicted octanol–water partition coefficient (Wildman–Crippen LogP) is 2.74. The highest BCUT2D eigenvalue weighted by Gasteiger charge is 2.32. The number of hydrogen-bond donors (Lipinski definition) is 3. The molecule has 9 nitrogen and oxygen atoms in total. The molecule has 1 aliphatic carbocycles. The monoisotopic (exact) mass is 487 g/mol. The van der Waals surface area contributed by atoms with Crippen LogP contribution in [-0.2, 0) is 16.0 Å². The first kappa shape index (κ1) is 25.1. The second-order valence-corrected chi connectivity index (χ2v) is 8.83. The maximum absolute atomic E-state index is 12.1. The number of nitrogens with one attached hydrogen (secondary N) is 1. The smallest absolute Gasteiger partial charge is 0.217 e. The van der Waals surface area contributed by atoms with E-state index in [1.807, 2.05) is 24.3 Å². The second kappa shape index (κ2) is 10.7. The Balaban J connectivity index is 1.79. The minimum atomic E-state index is -0.690. The number of aliphatic hydroxyl groups is 2. The number of rotatable bonds is 7. The van der Waals surface area contributed by atoms with E-state index in [1.165, 1.54) is 6.92 Å². The Kier molecular flexibility index (Phi) is 7.69. The highest BCUT2D eigenvalue weighted by atomic mass is 16.7. The predicted molar refractivity (Wildman–Crippen MR) is 128 cm³/mol. The SMILES string of the molecule is COc1cc2c(c(OC)c1OC)-c1ccc(O[C@@H]3CC(O)CC(CO)O3)cc1[C@@H](NC(C)=O)CC2. The Bertz CT molecular complexity index is 1070. The van der Waals surface area contributed by atoms with E-state index in [-0.39, 0.29) is 18.6 Å². The van der Waals surface area contributed by atoms with Crippen molar-refractivity contribution in [2.45, 2.75) is 57.1 Å². The van der Waals surface area contributed by atoms with Gasteiger partial charge in [0.25, 0.3) is 0 Å². The molecular formula is C26H33NO8. The summed E-state index contributed by atoms with van der Waals surface area (Å²) in [5.74, 6) is 2.04. The minimum absolute atomic E-state index is 0.134. The highest BCUT2D eigenvalue weighted by molar-refractivity contribution is 5.84. The molecule has 2 aliphatic rings. The van der Waals surface area contributed by atoms with Gasteiger partial charge in [0.1, 0.15) is 5.75 Å². The number of benzene rings is 2. The zero-order chi connectivity index (χ0) is 25.1. The molecule has 1 amide bonds. The molecule has 1 aliphatic heterocycles. The number of methoxy groups -OCH3 is 3. The molecule has 2 unspecified atom stereocenters. The van der Waals surface area contributed by atoms with Gasteiger partial charge in [0.15, 0.2) is 11.5 Å². The minimum Gasteiger partial charge on any atom is -0.493 e. The molecule has 2 aromatic carbocycles. The lowest BCUT2D eigenvalue weighted by Gasteiger charge is -2.32. The van der Waals surface area contributed by atoms with Gasteiger partial charge >= 0.3 is 0 Å². The van der Waals surface area contributed by atoms with Crippen molar-refractivity contribution in [3.63, 3.8) is 0 Å². The molecule has 0 aromatic heterocycles. The van der Waals surface area contributed by atoms with E-state index in [0.29, 0.717) is 48.7 Å². The fourth-order valence-electron chi connectivity index (χ4n) is 4.97. The Morgan fingerprint density at radius 2 is 1.89 bits per heavy atom. The van der Waals surface area contributed by atoms with Gasteiger partial charge in [0.05, 0.1) is 46.2 Å². The molecular weight excluding hydrogens is 454 g/mol. The second-order valence-electron chi connectivity index (χ2n) is 8.83.